The molecular weight excluding hydrogens is 180 g/mol. The van der Waals surface area contributed by atoms with Crippen LogP contribution in [0.5, 0.6) is 0 Å². The third kappa shape index (κ3) is 3.47. The molecule has 1 fully saturated rings. The monoisotopic (exact) mass is 194 g/mol. The lowest BCUT2D eigenvalue weighted by Crippen LogP contribution is -2.16. The van der Waals surface area contributed by atoms with E-state index in [4.69, 9.17) is 4.74 Å². The highest BCUT2D eigenvalue weighted by atomic mass is 28.3. The van der Waals surface area contributed by atoms with Crippen molar-refractivity contribution in [3.63, 3.8) is 0 Å². The van der Waals surface area contributed by atoms with Crippen LogP contribution < -0.4 is 0 Å². The van der Waals surface area contributed by atoms with Crippen molar-refractivity contribution in [1.29, 1.82) is 0 Å². The topological polar surface area (TPSA) is 26.3 Å². The minimum absolute atomic E-state index is 0.204. The first-order valence-electron chi connectivity index (χ1n) is 4.38. The first kappa shape index (κ1) is 10.1. The SMILES string of the molecule is C[Si](C)(C)C#C/C=C1\CCOC1=O. The number of cyclic esters (lactones) is 1. The van der Waals surface area contributed by atoms with Gasteiger partial charge in [-0.2, -0.15) is 0 Å². The quantitative estimate of drug-likeness (QED) is 0.254. The second-order valence-corrected chi connectivity index (χ2v) is 8.82. The van der Waals surface area contributed by atoms with Crippen molar-refractivity contribution in [3.05, 3.63) is 11.6 Å². The molecule has 0 aliphatic carbocycles. The molecule has 13 heavy (non-hydrogen) atoms. The Labute approximate surface area is 80.0 Å². The second kappa shape index (κ2) is 3.80. The van der Waals surface area contributed by atoms with Crippen LogP contribution in [0.2, 0.25) is 19.6 Å². The van der Waals surface area contributed by atoms with E-state index in [1.807, 2.05) is 0 Å². The predicted octanol–water partition coefficient (Wildman–Crippen LogP) is 1.74. The van der Waals surface area contributed by atoms with E-state index in [9.17, 15) is 4.79 Å². The summed E-state index contributed by atoms with van der Waals surface area (Å²) in [6.07, 6.45) is 2.41. The molecule has 1 aliphatic heterocycles. The molecular formula is C10H14O2Si. The number of carbonyl (C=O) groups excluding carboxylic acids is 1. The van der Waals surface area contributed by atoms with Gasteiger partial charge in [-0.05, 0) is 6.08 Å². The van der Waals surface area contributed by atoms with Gasteiger partial charge in [-0.15, -0.1) is 5.54 Å². The smallest absolute Gasteiger partial charge is 0.334 e. The number of allylic oxidation sites excluding steroid dienone is 1. The van der Waals surface area contributed by atoms with E-state index in [0.717, 1.165) is 0 Å². The third-order valence-corrected chi connectivity index (χ3v) is 2.45. The lowest BCUT2D eigenvalue weighted by Gasteiger charge is -2.02. The molecule has 0 amide bonds. The number of esters is 1. The fraction of sp³-hybridized carbons (Fsp3) is 0.500. The zero-order chi connectivity index (χ0) is 9.90. The molecule has 0 bridgehead atoms. The summed E-state index contributed by atoms with van der Waals surface area (Å²) in [4.78, 5) is 11.0. The zero-order valence-corrected chi connectivity index (χ0v) is 9.31. The van der Waals surface area contributed by atoms with Crippen molar-refractivity contribution in [3.8, 4) is 11.5 Å². The summed E-state index contributed by atoms with van der Waals surface area (Å²) in [5.41, 5.74) is 3.89. The maximum absolute atomic E-state index is 11.0. The van der Waals surface area contributed by atoms with E-state index in [2.05, 4.69) is 31.1 Å². The number of hydrogen-bond acceptors (Lipinski definition) is 2. The molecule has 70 valence electrons. The van der Waals surface area contributed by atoms with Crippen molar-refractivity contribution < 1.29 is 9.53 Å². The maximum atomic E-state index is 11.0. The summed E-state index contributed by atoms with van der Waals surface area (Å²) in [5.74, 6) is 2.74. The maximum Gasteiger partial charge on any atom is 0.334 e. The van der Waals surface area contributed by atoms with Crippen LogP contribution in [0.3, 0.4) is 0 Å². The molecule has 1 heterocycles. The number of hydrogen-bond donors (Lipinski definition) is 0. The van der Waals surface area contributed by atoms with Crippen molar-refractivity contribution in [2.24, 2.45) is 0 Å². The minimum Gasteiger partial charge on any atom is -0.462 e. The van der Waals surface area contributed by atoms with E-state index in [0.29, 0.717) is 18.6 Å². The van der Waals surface area contributed by atoms with Gasteiger partial charge in [-0.3, -0.25) is 0 Å². The van der Waals surface area contributed by atoms with Crippen LogP contribution in [-0.2, 0) is 9.53 Å². The molecule has 2 nitrogen and oxygen atoms in total. The Bertz CT molecular complexity index is 299. The van der Waals surface area contributed by atoms with Crippen molar-refractivity contribution in [2.75, 3.05) is 6.61 Å². The van der Waals surface area contributed by atoms with Gasteiger partial charge < -0.3 is 4.74 Å². The lowest BCUT2D eigenvalue weighted by molar-refractivity contribution is -0.135. The van der Waals surface area contributed by atoms with E-state index in [1.165, 1.54) is 0 Å². The van der Waals surface area contributed by atoms with Crippen LogP contribution in [0.4, 0.5) is 0 Å². The lowest BCUT2D eigenvalue weighted by atomic mass is 10.2. The summed E-state index contributed by atoms with van der Waals surface area (Å²) in [7, 11) is -1.31. The molecule has 1 saturated heterocycles. The number of ether oxygens (including phenoxy) is 1. The van der Waals surface area contributed by atoms with Gasteiger partial charge in [0.05, 0.1) is 6.61 Å². The highest BCUT2D eigenvalue weighted by Gasteiger charge is 2.17. The van der Waals surface area contributed by atoms with Gasteiger partial charge in [0.15, 0.2) is 0 Å². The Hall–Kier alpha value is -1.01. The van der Waals surface area contributed by atoms with Crippen LogP contribution in [0.15, 0.2) is 11.6 Å². The summed E-state index contributed by atoms with van der Waals surface area (Å²) >= 11 is 0. The molecule has 0 spiro atoms. The minimum atomic E-state index is -1.31. The van der Waals surface area contributed by atoms with Crippen LogP contribution in [0, 0.1) is 11.5 Å². The van der Waals surface area contributed by atoms with Gasteiger partial charge in [0.2, 0.25) is 0 Å². The largest absolute Gasteiger partial charge is 0.462 e. The van der Waals surface area contributed by atoms with Crippen LogP contribution in [0.25, 0.3) is 0 Å². The highest BCUT2D eigenvalue weighted by molar-refractivity contribution is 6.83. The summed E-state index contributed by atoms with van der Waals surface area (Å²) in [6.45, 7) is 7.03. The van der Waals surface area contributed by atoms with E-state index in [1.54, 1.807) is 6.08 Å². The zero-order valence-electron chi connectivity index (χ0n) is 8.31. The first-order valence-corrected chi connectivity index (χ1v) is 7.88. The second-order valence-electron chi connectivity index (χ2n) is 4.07. The van der Waals surface area contributed by atoms with Crippen LogP contribution >= 0.6 is 0 Å². The van der Waals surface area contributed by atoms with Gasteiger partial charge in [0.25, 0.3) is 0 Å². The van der Waals surface area contributed by atoms with Crippen LogP contribution in [0.1, 0.15) is 6.42 Å². The fourth-order valence-corrected chi connectivity index (χ4v) is 1.42. The first-order chi connectivity index (χ1) is 5.99. The van der Waals surface area contributed by atoms with Crippen molar-refractivity contribution in [2.45, 2.75) is 26.1 Å². The van der Waals surface area contributed by atoms with E-state index in [-0.39, 0.29) is 5.97 Å². The van der Waals surface area contributed by atoms with Gasteiger partial charge in [0.1, 0.15) is 8.07 Å². The third-order valence-electron chi connectivity index (χ3n) is 1.56. The molecule has 0 aromatic heterocycles. The molecule has 0 N–H and O–H groups in total. The average molecular weight is 194 g/mol. The molecule has 0 radical (unpaired) electrons. The number of rotatable bonds is 0. The molecule has 1 rings (SSSR count). The molecule has 1 aliphatic rings. The highest BCUT2D eigenvalue weighted by Crippen LogP contribution is 2.11. The molecule has 0 aromatic carbocycles. The fourth-order valence-electron chi connectivity index (χ4n) is 0.919. The van der Waals surface area contributed by atoms with Crippen molar-refractivity contribution in [1.82, 2.24) is 0 Å². The van der Waals surface area contributed by atoms with E-state index >= 15 is 0 Å². The molecule has 0 unspecified atom stereocenters. The summed E-state index contributed by atoms with van der Waals surface area (Å²) < 4.78 is 4.78. The van der Waals surface area contributed by atoms with E-state index < -0.39 is 8.07 Å². The Morgan fingerprint density at radius 1 is 1.46 bits per heavy atom. The standard InChI is InChI=1S/C10H14O2Si/c1-13(2,3)8-4-5-9-6-7-12-10(9)11/h5H,6-7H2,1-3H3/b9-5+. The van der Waals surface area contributed by atoms with Gasteiger partial charge in [-0.1, -0.05) is 25.6 Å². The van der Waals surface area contributed by atoms with Gasteiger partial charge in [-0.25, -0.2) is 4.79 Å². The van der Waals surface area contributed by atoms with Gasteiger partial charge >= 0.3 is 5.97 Å². The Morgan fingerprint density at radius 2 is 2.15 bits per heavy atom. The Kier molecular flexibility index (Phi) is 2.94. The Balaban J connectivity index is 2.66. The summed E-state index contributed by atoms with van der Waals surface area (Å²) in [6, 6.07) is 0. The normalized spacial score (nSPS) is 19.6. The Morgan fingerprint density at radius 3 is 2.62 bits per heavy atom. The molecule has 0 atom stereocenters. The predicted molar refractivity (Wildman–Crippen MR) is 54.8 cm³/mol. The summed E-state index contributed by atoms with van der Waals surface area (Å²) in [5, 5.41) is 0. The molecule has 0 aromatic rings. The average Bonchev–Trinajstić information content (AvgIpc) is 2.34. The van der Waals surface area contributed by atoms with Gasteiger partial charge in [0, 0.05) is 12.0 Å². The molecule has 0 saturated carbocycles. The van der Waals surface area contributed by atoms with Crippen molar-refractivity contribution >= 4 is 14.0 Å². The molecule has 3 heteroatoms. The van der Waals surface area contributed by atoms with Crippen LogP contribution in [-0.4, -0.2) is 20.7 Å². The number of carbonyl (C=O) groups is 1.